The van der Waals surface area contributed by atoms with E-state index in [1.807, 2.05) is 24.3 Å². The highest BCUT2D eigenvalue weighted by Gasteiger charge is 2.66. The van der Waals surface area contributed by atoms with Gasteiger partial charge in [-0.3, -0.25) is 14.4 Å². The van der Waals surface area contributed by atoms with Gasteiger partial charge in [0.15, 0.2) is 0 Å². The van der Waals surface area contributed by atoms with Crippen molar-refractivity contribution in [2.75, 3.05) is 4.90 Å². The van der Waals surface area contributed by atoms with Gasteiger partial charge in [0, 0.05) is 6.92 Å². The molecule has 0 saturated heterocycles. The predicted molar refractivity (Wildman–Crippen MR) is 89.8 cm³/mol. The van der Waals surface area contributed by atoms with Crippen molar-refractivity contribution in [3.8, 4) is 0 Å². The first-order chi connectivity index (χ1) is 12.0. The number of rotatable bonds is 2. The number of benzene rings is 1. The van der Waals surface area contributed by atoms with Gasteiger partial charge in [-0.15, -0.1) is 0 Å². The van der Waals surface area contributed by atoms with Crippen molar-refractivity contribution in [2.45, 2.75) is 25.2 Å². The number of Topliss-reactive ketones (excluding diaryl/α,β-unsaturated/α-hetero) is 1. The van der Waals surface area contributed by atoms with E-state index in [2.05, 4.69) is 4.79 Å². The normalized spacial score (nSPS) is 31.8. The van der Waals surface area contributed by atoms with Gasteiger partial charge in [0.05, 0.1) is 17.0 Å². The highest BCUT2D eigenvalue weighted by Crippen LogP contribution is 2.60. The molecule has 6 nitrogen and oxygen atoms in total. The molecule has 5 rings (SSSR count). The summed E-state index contributed by atoms with van der Waals surface area (Å²) < 4.78 is 0. The average molecular weight is 335 g/mol. The van der Waals surface area contributed by atoms with Crippen LogP contribution in [0.5, 0.6) is 0 Å². The third kappa shape index (κ3) is 1.83. The smallest absolute Gasteiger partial charge is 0.323 e. The van der Waals surface area contributed by atoms with Gasteiger partial charge in [-0.2, -0.15) is 4.79 Å². The molecule has 1 aliphatic heterocycles. The van der Waals surface area contributed by atoms with Crippen molar-refractivity contribution in [3.05, 3.63) is 47.5 Å². The maximum atomic E-state index is 13.5. The maximum Gasteiger partial charge on any atom is 0.323 e. The molecule has 0 radical (unpaired) electrons. The van der Waals surface area contributed by atoms with Gasteiger partial charge >= 0.3 is 6.21 Å². The van der Waals surface area contributed by atoms with Crippen molar-refractivity contribution in [1.29, 1.82) is 0 Å². The van der Waals surface area contributed by atoms with Crippen LogP contribution in [0.4, 0.5) is 5.69 Å². The molecule has 6 heteroatoms. The Balaban J connectivity index is 2.02. The maximum absolute atomic E-state index is 13.5. The molecule has 0 aromatic heterocycles. The summed E-state index contributed by atoms with van der Waals surface area (Å²) in [6.07, 6.45) is 6.46. The van der Waals surface area contributed by atoms with Gasteiger partial charge in [0.1, 0.15) is 0 Å². The number of hydrogen-bond acceptors (Lipinski definition) is 3. The Morgan fingerprint density at radius 2 is 2.04 bits per heavy atom. The quantitative estimate of drug-likeness (QED) is 0.358. The molecule has 4 aliphatic rings. The van der Waals surface area contributed by atoms with Gasteiger partial charge in [-0.05, 0) is 36.3 Å². The van der Waals surface area contributed by atoms with Crippen LogP contribution >= 0.6 is 0 Å². The zero-order valence-electron chi connectivity index (χ0n) is 13.8. The van der Waals surface area contributed by atoms with Crippen LogP contribution in [-0.4, -0.2) is 28.6 Å². The zero-order valence-corrected chi connectivity index (χ0v) is 13.8. The van der Waals surface area contributed by atoms with Crippen molar-refractivity contribution in [2.24, 2.45) is 17.8 Å². The molecule has 0 N–H and O–H groups in total. The summed E-state index contributed by atoms with van der Waals surface area (Å²) in [5.74, 6) is -2.01. The van der Waals surface area contributed by atoms with E-state index in [-0.39, 0.29) is 29.4 Å². The summed E-state index contributed by atoms with van der Waals surface area (Å²) >= 11 is 0. The lowest BCUT2D eigenvalue weighted by Crippen LogP contribution is -2.59. The Morgan fingerprint density at radius 3 is 2.68 bits per heavy atom. The SMILES string of the molecule is CC(=O)N1C(=O)C2(c3ccccc31)C1C=CC(CC1)C2C(=O)C=[N+]=[N-]. The number of nitrogens with zero attached hydrogens (tertiary/aromatic N) is 3. The number of para-hydroxylation sites is 1. The summed E-state index contributed by atoms with van der Waals surface area (Å²) in [6.45, 7) is 1.36. The topological polar surface area (TPSA) is 90.9 Å². The molecular weight excluding hydrogens is 318 g/mol. The first-order valence-electron chi connectivity index (χ1n) is 8.37. The Labute approximate surface area is 144 Å². The van der Waals surface area contributed by atoms with E-state index in [1.54, 1.807) is 12.1 Å². The van der Waals surface area contributed by atoms with E-state index in [0.29, 0.717) is 5.69 Å². The first kappa shape index (κ1) is 15.7. The summed E-state index contributed by atoms with van der Waals surface area (Å²) in [7, 11) is 0. The second kappa shape index (κ2) is 5.33. The average Bonchev–Trinajstić information content (AvgIpc) is 2.86. The second-order valence-corrected chi connectivity index (χ2v) is 6.90. The number of ketones is 1. The molecule has 126 valence electrons. The van der Waals surface area contributed by atoms with E-state index in [9.17, 15) is 14.4 Å². The van der Waals surface area contributed by atoms with E-state index in [1.165, 1.54) is 11.8 Å². The van der Waals surface area contributed by atoms with Crippen LogP contribution < -0.4 is 4.90 Å². The van der Waals surface area contributed by atoms with Crippen LogP contribution in [0.3, 0.4) is 0 Å². The zero-order chi connectivity index (χ0) is 17.8. The number of allylic oxidation sites excluding steroid dienone is 2. The third-order valence-corrected chi connectivity index (χ3v) is 5.86. The molecule has 1 fully saturated rings. The molecule has 4 atom stereocenters. The Bertz CT molecular complexity index is 884. The van der Waals surface area contributed by atoms with Crippen molar-refractivity contribution in [1.82, 2.24) is 0 Å². The highest BCUT2D eigenvalue weighted by molar-refractivity contribution is 6.31. The molecule has 1 saturated carbocycles. The minimum atomic E-state index is -1.10. The van der Waals surface area contributed by atoms with Gasteiger partial charge < -0.3 is 5.53 Å². The summed E-state index contributed by atoms with van der Waals surface area (Å²) in [4.78, 5) is 42.6. The predicted octanol–water partition coefficient (Wildman–Crippen LogP) is 1.90. The monoisotopic (exact) mass is 335 g/mol. The van der Waals surface area contributed by atoms with E-state index >= 15 is 0 Å². The molecule has 2 amide bonds. The Morgan fingerprint density at radius 1 is 1.28 bits per heavy atom. The number of amides is 2. The highest BCUT2D eigenvalue weighted by atomic mass is 16.2. The Kier molecular flexibility index (Phi) is 3.34. The summed E-state index contributed by atoms with van der Waals surface area (Å²) in [5.41, 5.74) is 9.03. The summed E-state index contributed by atoms with van der Waals surface area (Å²) in [5, 5.41) is 0. The van der Waals surface area contributed by atoms with Gasteiger partial charge in [0.25, 0.3) is 0 Å². The fraction of sp³-hybridized carbons (Fsp3) is 0.368. The van der Waals surface area contributed by atoms with Crippen LogP contribution in [0.2, 0.25) is 0 Å². The number of carbonyl (C=O) groups is 3. The number of imide groups is 1. The molecule has 4 unspecified atom stereocenters. The lowest BCUT2D eigenvalue weighted by molar-refractivity contribution is -0.139. The molecular formula is C19H17N3O3. The molecule has 3 aliphatic carbocycles. The molecule has 1 aromatic rings. The fourth-order valence-corrected chi connectivity index (χ4v) is 5.04. The van der Waals surface area contributed by atoms with Crippen molar-refractivity contribution >= 4 is 29.5 Å². The minimum absolute atomic E-state index is 0.112. The van der Waals surface area contributed by atoms with Crippen LogP contribution in [0, 0.1) is 17.8 Å². The fourth-order valence-electron chi connectivity index (χ4n) is 5.04. The lowest BCUT2D eigenvalue weighted by atomic mass is 9.50. The van der Waals surface area contributed by atoms with Crippen LogP contribution in [0.1, 0.15) is 25.3 Å². The van der Waals surface area contributed by atoms with Crippen molar-refractivity contribution < 1.29 is 19.2 Å². The largest absolute Gasteiger partial charge is 0.361 e. The number of carbonyl (C=O) groups excluding carboxylic acids is 3. The van der Waals surface area contributed by atoms with Gasteiger partial charge in [-0.25, -0.2) is 4.90 Å². The van der Waals surface area contributed by atoms with E-state index in [4.69, 9.17) is 5.53 Å². The molecule has 1 heterocycles. The minimum Gasteiger partial charge on any atom is -0.361 e. The van der Waals surface area contributed by atoms with Crippen LogP contribution in [-0.2, 0) is 19.8 Å². The van der Waals surface area contributed by atoms with Gasteiger partial charge in [-0.1, -0.05) is 30.4 Å². The first-order valence-corrected chi connectivity index (χ1v) is 8.37. The lowest BCUT2D eigenvalue weighted by Gasteiger charge is -2.50. The third-order valence-electron chi connectivity index (χ3n) is 5.86. The molecule has 1 spiro atoms. The molecule has 1 aromatic carbocycles. The van der Waals surface area contributed by atoms with Crippen LogP contribution in [0.15, 0.2) is 36.4 Å². The molecule has 2 bridgehead atoms. The van der Waals surface area contributed by atoms with E-state index in [0.717, 1.165) is 24.6 Å². The number of anilines is 1. The van der Waals surface area contributed by atoms with Crippen LogP contribution in [0.25, 0.3) is 5.53 Å². The number of fused-ring (bicyclic) bond motifs is 2. The number of hydrogen-bond donors (Lipinski definition) is 0. The molecule has 25 heavy (non-hydrogen) atoms. The Hall–Kier alpha value is -2.85. The van der Waals surface area contributed by atoms with Crippen molar-refractivity contribution in [3.63, 3.8) is 0 Å². The standard InChI is InChI=1S/C19H17N3O3/c1-11(23)22-15-5-3-2-4-14(15)19(18(22)25)13-8-6-12(7-9-13)17(19)16(24)10-21-20/h2-6,8,10,12-13,17H,7,9H2,1H3. The van der Waals surface area contributed by atoms with E-state index < -0.39 is 11.3 Å². The van der Waals surface area contributed by atoms with Gasteiger partial charge in [0.2, 0.25) is 17.6 Å². The summed E-state index contributed by atoms with van der Waals surface area (Å²) in [6, 6.07) is 7.19. The second-order valence-electron chi connectivity index (χ2n) is 6.90.